The summed E-state index contributed by atoms with van der Waals surface area (Å²) in [6, 6.07) is 3.76. The number of nitrogens with two attached hydrogens (primary N) is 1. The first kappa shape index (κ1) is 24.1. The van der Waals surface area contributed by atoms with Crippen molar-refractivity contribution in [1.82, 2.24) is 19.9 Å². The predicted molar refractivity (Wildman–Crippen MR) is 113 cm³/mol. The highest BCUT2D eigenvalue weighted by molar-refractivity contribution is 5.85. The van der Waals surface area contributed by atoms with Gasteiger partial charge in [-0.15, -0.1) is 24.8 Å². The van der Waals surface area contributed by atoms with Crippen molar-refractivity contribution in [2.45, 2.75) is 38.8 Å². The second-order valence-electron chi connectivity index (χ2n) is 6.91. The van der Waals surface area contributed by atoms with Crippen molar-refractivity contribution in [2.75, 3.05) is 13.1 Å². The van der Waals surface area contributed by atoms with Crippen LogP contribution in [0.15, 0.2) is 36.9 Å². The molecule has 0 saturated carbocycles. The van der Waals surface area contributed by atoms with Crippen LogP contribution in [0.5, 0.6) is 6.01 Å². The first-order valence-corrected chi connectivity index (χ1v) is 8.98. The van der Waals surface area contributed by atoms with Crippen molar-refractivity contribution in [1.29, 1.82) is 0 Å². The van der Waals surface area contributed by atoms with E-state index in [4.69, 9.17) is 10.5 Å². The summed E-state index contributed by atoms with van der Waals surface area (Å²) >= 11 is 0. The Morgan fingerprint density at radius 2 is 1.79 bits per heavy atom. The smallest absolute Gasteiger partial charge is 0.316 e. The number of likely N-dealkylation sites (tertiary alicyclic amines) is 1. The van der Waals surface area contributed by atoms with Crippen LogP contribution in [0.1, 0.15) is 26.7 Å². The van der Waals surface area contributed by atoms with Crippen molar-refractivity contribution in [3.8, 4) is 17.1 Å². The van der Waals surface area contributed by atoms with Crippen LogP contribution in [0.2, 0.25) is 0 Å². The maximum Gasteiger partial charge on any atom is 0.316 e. The lowest BCUT2D eigenvalue weighted by Crippen LogP contribution is -2.50. The Balaban J connectivity index is 0.00000196. The summed E-state index contributed by atoms with van der Waals surface area (Å²) in [7, 11) is 0. The van der Waals surface area contributed by atoms with Gasteiger partial charge in [0.05, 0.1) is 6.04 Å². The quantitative estimate of drug-likeness (QED) is 0.787. The minimum atomic E-state index is -0.434. The van der Waals surface area contributed by atoms with Gasteiger partial charge in [0.25, 0.3) is 0 Å². The molecule has 28 heavy (non-hydrogen) atoms. The van der Waals surface area contributed by atoms with E-state index in [1.165, 1.54) is 0 Å². The molecule has 154 valence electrons. The average Bonchev–Trinajstić information content (AvgIpc) is 2.68. The highest BCUT2D eigenvalue weighted by Gasteiger charge is 2.28. The summed E-state index contributed by atoms with van der Waals surface area (Å²) in [6.45, 7) is 5.23. The van der Waals surface area contributed by atoms with Crippen molar-refractivity contribution in [2.24, 2.45) is 11.7 Å². The van der Waals surface area contributed by atoms with Gasteiger partial charge >= 0.3 is 6.01 Å². The van der Waals surface area contributed by atoms with E-state index in [1.807, 2.05) is 30.9 Å². The van der Waals surface area contributed by atoms with Gasteiger partial charge in [-0.25, -0.2) is 9.97 Å². The second-order valence-corrected chi connectivity index (χ2v) is 6.91. The number of aromatic nitrogens is 3. The Kier molecular flexibility index (Phi) is 9.58. The SMILES string of the molecule is CC(C)[C@H](N)C(=O)N1CCC(Oc2ncc(-c3cccnc3)cn2)CC1.Cl.Cl. The van der Waals surface area contributed by atoms with E-state index in [2.05, 4.69) is 15.0 Å². The van der Waals surface area contributed by atoms with Gasteiger partial charge in [-0.3, -0.25) is 9.78 Å². The second kappa shape index (κ2) is 11.1. The summed E-state index contributed by atoms with van der Waals surface area (Å²) < 4.78 is 5.88. The fourth-order valence-corrected chi connectivity index (χ4v) is 2.90. The molecule has 1 amide bonds. The molecule has 0 aliphatic carbocycles. The maximum absolute atomic E-state index is 12.3. The van der Waals surface area contributed by atoms with Gasteiger partial charge in [0, 0.05) is 61.8 Å². The fourth-order valence-electron chi connectivity index (χ4n) is 2.90. The van der Waals surface area contributed by atoms with E-state index in [0.29, 0.717) is 19.1 Å². The zero-order valence-electron chi connectivity index (χ0n) is 16.0. The minimum Gasteiger partial charge on any atom is -0.460 e. The molecule has 0 bridgehead atoms. The molecule has 1 aliphatic rings. The van der Waals surface area contributed by atoms with Crippen LogP contribution in [0.25, 0.3) is 11.1 Å². The van der Waals surface area contributed by atoms with Crippen LogP contribution in [-0.2, 0) is 4.79 Å². The van der Waals surface area contributed by atoms with E-state index in [1.54, 1.807) is 24.8 Å². The summed E-state index contributed by atoms with van der Waals surface area (Å²) in [5.41, 5.74) is 7.83. The van der Waals surface area contributed by atoms with Crippen LogP contribution in [0, 0.1) is 5.92 Å². The number of amides is 1. The van der Waals surface area contributed by atoms with Crippen molar-refractivity contribution in [3.63, 3.8) is 0 Å². The normalized spacial score (nSPS) is 15.4. The summed E-state index contributed by atoms with van der Waals surface area (Å²) in [5, 5.41) is 0. The topological polar surface area (TPSA) is 94.2 Å². The van der Waals surface area contributed by atoms with Gasteiger partial charge in [0.15, 0.2) is 0 Å². The summed E-state index contributed by atoms with van der Waals surface area (Å²) in [5.74, 6) is 0.165. The van der Waals surface area contributed by atoms with E-state index in [9.17, 15) is 4.79 Å². The molecule has 3 heterocycles. The number of hydrogen-bond donors (Lipinski definition) is 1. The van der Waals surface area contributed by atoms with Crippen LogP contribution in [0.4, 0.5) is 0 Å². The summed E-state index contributed by atoms with van der Waals surface area (Å²) in [4.78, 5) is 26.8. The lowest BCUT2D eigenvalue weighted by molar-refractivity contribution is -0.135. The standard InChI is InChI=1S/C19H25N5O2.2ClH/c1-13(2)17(20)18(25)24-8-5-16(6-9-24)26-19-22-11-15(12-23-19)14-4-3-7-21-10-14;;/h3-4,7,10-13,16-17H,5-6,8-9,20H2,1-2H3;2*1H/t17-;;/m0../s1. The van der Waals surface area contributed by atoms with Gasteiger partial charge in [0.1, 0.15) is 6.10 Å². The van der Waals surface area contributed by atoms with Gasteiger partial charge in [0.2, 0.25) is 5.91 Å². The highest BCUT2D eigenvalue weighted by Crippen LogP contribution is 2.20. The summed E-state index contributed by atoms with van der Waals surface area (Å²) in [6.07, 6.45) is 8.49. The predicted octanol–water partition coefficient (Wildman–Crippen LogP) is 2.74. The first-order chi connectivity index (χ1) is 12.5. The van der Waals surface area contributed by atoms with Gasteiger partial charge in [-0.2, -0.15) is 0 Å². The van der Waals surface area contributed by atoms with E-state index >= 15 is 0 Å². The zero-order chi connectivity index (χ0) is 18.5. The Hall–Kier alpha value is -1.96. The van der Waals surface area contributed by atoms with E-state index in [-0.39, 0.29) is 42.7 Å². The third kappa shape index (κ3) is 6.02. The highest BCUT2D eigenvalue weighted by atomic mass is 35.5. The molecule has 1 fully saturated rings. The third-order valence-corrected chi connectivity index (χ3v) is 4.65. The van der Waals surface area contributed by atoms with E-state index < -0.39 is 6.04 Å². The Morgan fingerprint density at radius 1 is 1.14 bits per heavy atom. The number of carbonyl (C=O) groups excluding carboxylic acids is 1. The Bertz CT molecular complexity index is 723. The molecule has 1 aliphatic heterocycles. The van der Waals surface area contributed by atoms with Crippen molar-refractivity contribution >= 4 is 30.7 Å². The number of ether oxygens (including phenoxy) is 1. The largest absolute Gasteiger partial charge is 0.460 e. The zero-order valence-corrected chi connectivity index (χ0v) is 17.7. The molecule has 2 aromatic heterocycles. The number of halogens is 2. The van der Waals surface area contributed by atoms with Gasteiger partial charge < -0.3 is 15.4 Å². The van der Waals surface area contributed by atoms with Crippen molar-refractivity contribution < 1.29 is 9.53 Å². The molecule has 9 heteroatoms. The molecule has 7 nitrogen and oxygen atoms in total. The monoisotopic (exact) mass is 427 g/mol. The molecule has 0 radical (unpaired) electrons. The molecule has 2 N–H and O–H groups in total. The maximum atomic E-state index is 12.3. The lowest BCUT2D eigenvalue weighted by atomic mass is 10.0. The average molecular weight is 428 g/mol. The molecule has 0 unspecified atom stereocenters. The third-order valence-electron chi connectivity index (χ3n) is 4.65. The first-order valence-electron chi connectivity index (χ1n) is 8.98. The number of piperidine rings is 1. The fraction of sp³-hybridized carbons (Fsp3) is 0.474. The van der Waals surface area contributed by atoms with E-state index in [0.717, 1.165) is 24.0 Å². The number of rotatable bonds is 5. The Morgan fingerprint density at radius 3 is 2.32 bits per heavy atom. The van der Waals surface area contributed by atoms with Crippen LogP contribution in [-0.4, -0.2) is 51.0 Å². The number of carbonyl (C=O) groups is 1. The number of hydrogen-bond acceptors (Lipinski definition) is 6. The molecule has 3 rings (SSSR count). The number of nitrogens with zero attached hydrogens (tertiary/aromatic N) is 4. The lowest BCUT2D eigenvalue weighted by Gasteiger charge is -2.33. The molecular weight excluding hydrogens is 401 g/mol. The van der Waals surface area contributed by atoms with Gasteiger partial charge in [-0.05, 0) is 12.0 Å². The molecule has 0 aromatic carbocycles. The van der Waals surface area contributed by atoms with Crippen LogP contribution in [0.3, 0.4) is 0 Å². The molecule has 1 saturated heterocycles. The number of pyridine rings is 1. The van der Waals surface area contributed by atoms with Gasteiger partial charge in [-0.1, -0.05) is 19.9 Å². The van der Waals surface area contributed by atoms with Crippen molar-refractivity contribution in [3.05, 3.63) is 36.9 Å². The van der Waals surface area contributed by atoms with Crippen LogP contribution < -0.4 is 10.5 Å². The minimum absolute atomic E-state index is 0. The molecule has 2 aromatic rings. The molecule has 1 atom stereocenters. The molecule has 0 spiro atoms. The Labute approximate surface area is 177 Å². The van der Waals surface area contributed by atoms with Crippen LogP contribution >= 0.6 is 24.8 Å². The molecular formula is C19H27Cl2N5O2.